The van der Waals surface area contributed by atoms with Gasteiger partial charge in [0.25, 0.3) is 0 Å². The molecule has 0 amide bonds. The molecule has 0 bridgehead atoms. The molecule has 11 heavy (non-hydrogen) atoms. The number of aromatic nitrogens is 1. The minimum atomic E-state index is -0.211. The fraction of sp³-hybridized carbons (Fsp3) is 0.375. The Hall–Kier alpha value is -1.25. The van der Waals surface area contributed by atoms with Gasteiger partial charge in [-0.15, -0.1) is 0 Å². The van der Waals surface area contributed by atoms with E-state index < -0.39 is 0 Å². The topological polar surface area (TPSA) is 42.1 Å². The lowest BCUT2D eigenvalue weighted by Crippen LogP contribution is -1.95. The van der Waals surface area contributed by atoms with E-state index in [-0.39, 0.29) is 5.97 Å². The fourth-order valence-corrected chi connectivity index (χ4v) is 0.481. The lowest BCUT2D eigenvalue weighted by molar-refractivity contribution is -0.140. The Morgan fingerprint density at radius 3 is 2.09 bits per heavy atom. The van der Waals surface area contributed by atoms with Crippen LogP contribution in [0.1, 0.15) is 13.8 Å². The zero-order valence-corrected chi connectivity index (χ0v) is 6.83. The maximum atomic E-state index is 9.82. The molecule has 0 aromatic carbocycles. The van der Waals surface area contributed by atoms with Gasteiger partial charge in [-0.05, 0) is 19.1 Å². The van der Waals surface area contributed by atoms with Gasteiger partial charge in [-0.2, -0.15) is 0 Å². The number of esters is 1. The molecule has 0 spiro atoms. The molecule has 0 aliphatic heterocycles. The average molecular weight is 155 g/mol. The maximum absolute atomic E-state index is 9.82. The largest absolute Gasteiger partial charge is 0.466 e. The standard InChI is InChI=1S/C4H5N.C4H8O2/c1-2-4-5-3-1;1-3-6-4(2)5/h1-5H;3H2,1-2H3. The lowest BCUT2D eigenvalue weighted by atomic mass is 10.7. The number of H-pyrrole nitrogens is 1. The van der Waals surface area contributed by atoms with Gasteiger partial charge in [0, 0.05) is 19.3 Å². The van der Waals surface area contributed by atoms with Crippen molar-refractivity contribution in [3.63, 3.8) is 0 Å². The molecule has 3 heteroatoms. The van der Waals surface area contributed by atoms with E-state index >= 15 is 0 Å². The van der Waals surface area contributed by atoms with Gasteiger partial charge in [0.05, 0.1) is 6.61 Å². The molecule has 0 aliphatic rings. The normalized spacial score (nSPS) is 7.82. The molecule has 3 nitrogen and oxygen atoms in total. The molecular weight excluding hydrogens is 142 g/mol. The van der Waals surface area contributed by atoms with Crippen molar-refractivity contribution in [2.75, 3.05) is 6.61 Å². The van der Waals surface area contributed by atoms with Crippen LogP contribution < -0.4 is 0 Å². The van der Waals surface area contributed by atoms with E-state index in [4.69, 9.17) is 0 Å². The van der Waals surface area contributed by atoms with Crippen molar-refractivity contribution in [2.24, 2.45) is 0 Å². The third kappa shape index (κ3) is 8.75. The van der Waals surface area contributed by atoms with Crippen LogP contribution >= 0.6 is 0 Å². The summed E-state index contributed by atoms with van der Waals surface area (Å²) in [6.45, 7) is 3.65. The first-order valence-corrected chi connectivity index (χ1v) is 3.48. The summed E-state index contributed by atoms with van der Waals surface area (Å²) in [4.78, 5) is 12.7. The van der Waals surface area contributed by atoms with E-state index in [1.807, 2.05) is 24.5 Å². The third-order valence-electron chi connectivity index (χ3n) is 0.844. The molecule has 0 radical (unpaired) electrons. The lowest BCUT2D eigenvalue weighted by Gasteiger charge is -1.89. The number of nitrogens with one attached hydrogen (secondary N) is 1. The molecule has 0 fully saturated rings. The second-order valence-corrected chi connectivity index (χ2v) is 1.81. The highest BCUT2D eigenvalue weighted by Gasteiger charge is 1.81. The van der Waals surface area contributed by atoms with Crippen LogP contribution in [0.4, 0.5) is 0 Å². The molecule has 1 aromatic rings. The summed E-state index contributed by atoms with van der Waals surface area (Å²) in [6.07, 6.45) is 3.75. The number of hydrogen-bond donors (Lipinski definition) is 1. The number of carbonyl (C=O) groups is 1. The molecule has 1 heterocycles. The minimum Gasteiger partial charge on any atom is -0.466 e. The number of hydrogen-bond acceptors (Lipinski definition) is 2. The van der Waals surface area contributed by atoms with E-state index in [1.54, 1.807) is 6.92 Å². The molecule has 0 unspecified atom stereocenters. The zero-order chi connectivity index (χ0) is 8.53. The van der Waals surface area contributed by atoms with Crippen LogP contribution in [0.15, 0.2) is 24.5 Å². The van der Waals surface area contributed by atoms with Gasteiger partial charge >= 0.3 is 5.97 Å². The molecular formula is C8H13NO2. The van der Waals surface area contributed by atoms with Crippen LogP contribution in [0.25, 0.3) is 0 Å². The summed E-state index contributed by atoms with van der Waals surface area (Å²) in [6, 6.07) is 3.89. The average Bonchev–Trinajstić information content (AvgIpc) is 2.41. The molecule has 0 aliphatic carbocycles. The highest BCUT2D eigenvalue weighted by molar-refractivity contribution is 5.65. The first-order valence-electron chi connectivity index (χ1n) is 3.48. The summed E-state index contributed by atoms with van der Waals surface area (Å²) in [5.41, 5.74) is 0. The Morgan fingerprint density at radius 2 is 2.00 bits per heavy atom. The van der Waals surface area contributed by atoms with E-state index in [0.717, 1.165) is 0 Å². The van der Waals surface area contributed by atoms with Crippen LogP contribution in [-0.4, -0.2) is 17.6 Å². The minimum absolute atomic E-state index is 0.211. The van der Waals surface area contributed by atoms with Crippen molar-refractivity contribution >= 4 is 5.97 Å². The Bertz CT molecular complexity index is 153. The van der Waals surface area contributed by atoms with Gasteiger partial charge in [0.2, 0.25) is 0 Å². The predicted octanol–water partition coefficient (Wildman–Crippen LogP) is 1.58. The van der Waals surface area contributed by atoms with Crippen molar-refractivity contribution < 1.29 is 9.53 Å². The summed E-state index contributed by atoms with van der Waals surface area (Å²) in [5, 5.41) is 0. The van der Waals surface area contributed by atoms with E-state index in [2.05, 4.69) is 9.72 Å². The van der Waals surface area contributed by atoms with Crippen molar-refractivity contribution in [3.8, 4) is 0 Å². The van der Waals surface area contributed by atoms with Crippen LogP contribution in [0.3, 0.4) is 0 Å². The highest BCUT2D eigenvalue weighted by atomic mass is 16.5. The van der Waals surface area contributed by atoms with Gasteiger partial charge in [-0.3, -0.25) is 4.79 Å². The van der Waals surface area contributed by atoms with E-state index in [9.17, 15) is 4.79 Å². The van der Waals surface area contributed by atoms with E-state index in [0.29, 0.717) is 6.61 Å². The van der Waals surface area contributed by atoms with Crippen LogP contribution in [0.2, 0.25) is 0 Å². The fourth-order valence-electron chi connectivity index (χ4n) is 0.481. The van der Waals surface area contributed by atoms with Crippen molar-refractivity contribution in [1.29, 1.82) is 0 Å². The first kappa shape index (κ1) is 9.75. The Morgan fingerprint density at radius 1 is 1.45 bits per heavy atom. The van der Waals surface area contributed by atoms with E-state index in [1.165, 1.54) is 6.92 Å². The van der Waals surface area contributed by atoms with Crippen molar-refractivity contribution in [3.05, 3.63) is 24.5 Å². The number of carbonyl (C=O) groups excluding carboxylic acids is 1. The van der Waals surface area contributed by atoms with Crippen LogP contribution in [-0.2, 0) is 9.53 Å². The SMILES string of the molecule is CCOC(C)=O.c1cc[nH]c1. The predicted molar refractivity (Wildman–Crippen MR) is 43.1 cm³/mol. The smallest absolute Gasteiger partial charge is 0.302 e. The molecule has 62 valence electrons. The van der Waals surface area contributed by atoms with Gasteiger partial charge in [-0.1, -0.05) is 0 Å². The summed E-state index contributed by atoms with van der Waals surface area (Å²) >= 11 is 0. The number of ether oxygens (including phenoxy) is 1. The molecule has 0 saturated carbocycles. The molecule has 1 N–H and O–H groups in total. The molecule has 0 atom stereocenters. The number of rotatable bonds is 1. The highest BCUT2D eigenvalue weighted by Crippen LogP contribution is 1.72. The number of aromatic amines is 1. The van der Waals surface area contributed by atoms with Gasteiger partial charge in [0.1, 0.15) is 0 Å². The second-order valence-electron chi connectivity index (χ2n) is 1.81. The third-order valence-corrected chi connectivity index (χ3v) is 0.844. The monoisotopic (exact) mass is 155 g/mol. The Balaban J connectivity index is 0.000000183. The molecule has 1 rings (SSSR count). The van der Waals surface area contributed by atoms with Crippen molar-refractivity contribution in [2.45, 2.75) is 13.8 Å². The maximum Gasteiger partial charge on any atom is 0.302 e. The second kappa shape index (κ2) is 6.86. The molecule has 0 saturated heterocycles. The van der Waals surface area contributed by atoms with Crippen LogP contribution in [0, 0.1) is 0 Å². The van der Waals surface area contributed by atoms with Gasteiger partial charge in [-0.25, -0.2) is 0 Å². The zero-order valence-electron chi connectivity index (χ0n) is 6.83. The quantitative estimate of drug-likeness (QED) is 0.625. The van der Waals surface area contributed by atoms with Gasteiger partial charge < -0.3 is 9.72 Å². The molecule has 1 aromatic heterocycles. The Labute approximate surface area is 66.4 Å². The van der Waals surface area contributed by atoms with Crippen LogP contribution in [0.5, 0.6) is 0 Å². The summed E-state index contributed by atoms with van der Waals surface area (Å²) in [5.74, 6) is -0.211. The van der Waals surface area contributed by atoms with Crippen molar-refractivity contribution in [1.82, 2.24) is 4.98 Å². The van der Waals surface area contributed by atoms with Gasteiger partial charge in [0.15, 0.2) is 0 Å². The summed E-state index contributed by atoms with van der Waals surface area (Å²) < 4.78 is 4.40. The summed E-state index contributed by atoms with van der Waals surface area (Å²) in [7, 11) is 0. The Kier molecular flexibility index (Phi) is 6.08. The first-order chi connectivity index (χ1) is 5.27.